The predicted octanol–water partition coefficient (Wildman–Crippen LogP) is 4.15. The molecule has 0 saturated carbocycles. The van der Waals surface area contributed by atoms with E-state index >= 15 is 0 Å². The molecule has 1 nitrogen and oxygen atoms in total. The van der Waals surface area contributed by atoms with Crippen molar-refractivity contribution in [3.63, 3.8) is 0 Å². The van der Waals surface area contributed by atoms with Crippen molar-refractivity contribution in [2.75, 3.05) is 6.54 Å². The molecule has 0 aromatic heterocycles. The molecule has 0 spiro atoms. The van der Waals surface area contributed by atoms with E-state index in [-0.39, 0.29) is 0 Å². The second-order valence-corrected chi connectivity index (χ2v) is 3.53. The van der Waals surface area contributed by atoms with Gasteiger partial charge in [0.2, 0.25) is 0 Å². The van der Waals surface area contributed by atoms with Crippen molar-refractivity contribution in [1.29, 1.82) is 0 Å². The van der Waals surface area contributed by atoms with Crippen molar-refractivity contribution in [3.8, 4) is 0 Å². The van der Waals surface area contributed by atoms with Crippen molar-refractivity contribution in [1.82, 2.24) is 5.32 Å². The molecular weight excluding hydrogens is 170 g/mol. The summed E-state index contributed by atoms with van der Waals surface area (Å²) in [5.74, 6) is 0. The van der Waals surface area contributed by atoms with Crippen molar-refractivity contribution < 1.29 is 0 Å². The molecule has 1 heteroatoms. The Bertz CT molecular complexity index is 106. The van der Waals surface area contributed by atoms with Gasteiger partial charge in [-0.25, -0.2) is 0 Å². The highest BCUT2D eigenvalue weighted by Crippen LogP contribution is 1.98. The highest BCUT2D eigenvalue weighted by molar-refractivity contribution is 4.83. The zero-order valence-corrected chi connectivity index (χ0v) is 10.8. The lowest BCUT2D eigenvalue weighted by Gasteiger charge is -2.03. The number of allylic oxidation sites excluding steroid dienone is 1. The van der Waals surface area contributed by atoms with Crippen LogP contribution < -0.4 is 5.32 Å². The van der Waals surface area contributed by atoms with Crippen LogP contribution in [0.4, 0.5) is 0 Å². The minimum absolute atomic E-state index is 0.602. The monoisotopic (exact) mass is 199 g/mol. The second-order valence-electron chi connectivity index (χ2n) is 3.53. The summed E-state index contributed by atoms with van der Waals surface area (Å²) in [5, 5.41) is 3.35. The van der Waals surface area contributed by atoms with Gasteiger partial charge < -0.3 is 5.32 Å². The lowest BCUT2D eigenvalue weighted by Crippen LogP contribution is -2.22. The van der Waals surface area contributed by atoms with E-state index < -0.39 is 0 Å². The summed E-state index contributed by atoms with van der Waals surface area (Å²) < 4.78 is 0. The molecular formula is C13H29N. The van der Waals surface area contributed by atoms with E-state index in [4.69, 9.17) is 0 Å². The first-order chi connectivity index (χ1) is 6.77. The molecule has 0 fully saturated rings. The van der Waals surface area contributed by atoms with E-state index in [2.05, 4.69) is 38.2 Å². The van der Waals surface area contributed by atoms with Gasteiger partial charge >= 0.3 is 0 Å². The molecule has 0 aliphatic carbocycles. The van der Waals surface area contributed by atoms with Gasteiger partial charge in [0.05, 0.1) is 0 Å². The van der Waals surface area contributed by atoms with Gasteiger partial charge in [0, 0.05) is 12.6 Å². The number of rotatable bonds is 7. The molecule has 0 radical (unpaired) electrons. The third kappa shape index (κ3) is 17.7. The fourth-order valence-corrected chi connectivity index (χ4v) is 1.02. The van der Waals surface area contributed by atoms with Gasteiger partial charge in [-0.3, -0.25) is 0 Å². The van der Waals surface area contributed by atoms with Gasteiger partial charge in [0.15, 0.2) is 0 Å². The van der Waals surface area contributed by atoms with Crippen LogP contribution in [0.1, 0.15) is 60.3 Å². The fraction of sp³-hybridized carbons (Fsp3) is 0.846. The summed E-state index contributed by atoms with van der Waals surface area (Å²) in [6.07, 6.45) is 9.78. The summed E-state index contributed by atoms with van der Waals surface area (Å²) in [6, 6.07) is 0.602. The van der Waals surface area contributed by atoms with Crippen molar-refractivity contribution >= 4 is 0 Å². The summed E-state index contributed by atoms with van der Waals surface area (Å²) in [6.45, 7) is 11.6. The van der Waals surface area contributed by atoms with Crippen LogP contribution in [0.5, 0.6) is 0 Å². The average molecular weight is 199 g/mol. The maximum Gasteiger partial charge on any atom is 0.0137 e. The standard InChI is InChI=1S/C11H23N.C2H6/c1-4-5-6-7-8-9-10-12-11(2)3;1-2/h8-9,11-12H,4-7,10H2,1-3H3;1-2H3/b9-8+;. The maximum absolute atomic E-state index is 3.35. The molecule has 0 aromatic carbocycles. The van der Waals surface area contributed by atoms with Gasteiger partial charge in [-0.2, -0.15) is 0 Å². The summed E-state index contributed by atoms with van der Waals surface area (Å²) >= 11 is 0. The number of nitrogens with one attached hydrogen (secondary N) is 1. The van der Waals surface area contributed by atoms with Crippen LogP contribution in [0.2, 0.25) is 0 Å². The van der Waals surface area contributed by atoms with Crippen molar-refractivity contribution in [3.05, 3.63) is 12.2 Å². The van der Waals surface area contributed by atoms with Crippen LogP contribution in [0.3, 0.4) is 0 Å². The minimum atomic E-state index is 0.602. The van der Waals surface area contributed by atoms with Crippen molar-refractivity contribution in [2.24, 2.45) is 0 Å². The predicted molar refractivity (Wildman–Crippen MR) is 67.8 cm³/mol. The summed E-state index contributed by atoms with van der Waals surface area (Å²) in [5.41, 5.74) is 0. The molecule has 1 N–H and O–H groups in total. The second kappa shape index (κ2) is 15.2. The fourth-order valence-electron chi connectivity index (χ4n) is 1.02. The lowest BCUT2D eigenvalue weighted by molar-refractivity contribution is 0.631. The Morgan fingerprint density at radius 1 is 1.07 bits per heavy atom. The maximum atomic E-state index is 3.35. The third-order valence-electron chi connectivity index (χ3n) is 1.78. The van der Waals surface area contributed by atoms with Gasteiger partial charge in [-0.05, 0) is 12.8 Å². The number of hydrogen-bond acceptors (Lipinski definition) is 1. The van der Waals surface area contributed by atoms with E-state index in [9.17, 15) is 0 Å². The van der Waals surface area contributed by atoms with Crippen LogP contribution in [0.25, 0.3) is 0 Å². The normalized spacial score (nSPS) is 10.4. The topological polar surface area (TPSA) is 12.0 Å². The quantitative estimate of drug-likeness (QED) is 0.480. The number of unbranched alkanes of at least 4 members (excludes halogenated alkanes) is 3. The van der Waals surface area contributed by atoms with Crippen LogP contribution in [0, 0.1) is 0 Å². The molecule has 0 aliphatic heterocycles. The average Bonchev–Trinajstić information content (AvgIpc) is 2.19. The summed E-state index contributed by atoms with van der Waals surface area (Å²) in [4.78, 5) is 0. The first kappa shape index (κ1) is 16.1. The molecule has 14 heavy (non-hydrogen) atoms. The Labute approximate surface area is 91.0 Å². The molecule has 0 saturated heterocycles. The number of hydrogen-bond donors (Lipinski definition) is 1. The van der Waals surface area contributed by atoms with E-state index in [1.54, 1.807) is 0 Å². The molecule has 0 heterocycles. The van der Waals surface area contributed by atoms with Crippen LogP contribution in [-0.2, 0) is 0 Å². The zero-order valence-electron chi connectivity index (χ0n) is 10.8. The van der Waals surface area contributed by atoms with Gasteiger partial charge in [-0.1, -0.05) is 59.6 Å². The highest BCUT2D eigenvalue weighted by atomic mass is 14.9. The summed E-state index contributed by atoms with van der Waals surface area (Å²) in [7, 11) is 0. The molecule has 0 amide bonds. The molecule has 86 valence electrons. The van der Waals surface area contributed by atoms with Crippen LogP contribution in [-0.4, -0.2) is 12.6 Å². The first-order valence-corrected chi connectivity index (χ1v) is 6.15. The third-order valence-corrected chi connectivity index (χ3v) is 1.78. The Kier molecular flexibility index (Phi) is 17.5. The Morgan fingerprint density at radius 2 is 1.71 bits per heavy atom. The molecule has 0 aliphatic rings. The van der Waals surface area contributed by atoms with Gasteiger partial charge in [0.1, 0.15) is 0 Å². The molecule has 0 unspecified atom stereocenters. The van der Waals surface area contributed by atoms with E-state index in [0.717, 1.165) is 6.54 Å². The Morgan fingerprint density at radius 3 is 2.21 bits per heavy atom. The first-order valence-electron chi connectivity index (χ1n) is 6.15. The van der Waals surface area contributed by atoms with E-state index in [1.165, 1.54) is 25.7 Å². The Hall–Kier alpha value is -0.300. The van der Waals surface area contributed by atoms with Crippen LogP contribution in [0.15, 0.2) is 12.2 Å². The minimum Gasteiger partial charge on any atom is -0.311 e. The van der Waals surface area contributed by atoms with E-state index in [0.29, 0.717) is 6.04 Å². The smallest absolute Gasteiger partial charge is 0.0137 e. The van der Waals surface area contributed by atoms with Crippen LogP contribution >= 0.6 is 0 Å². The SMILES string of the molecule is CC.CCCCC/C=C/CNC(C)C. The Balaban J connectivity index is 0. The lowest BCUT2D eigenvalue weighted by atomic mass is 10.2. The van der Waals surface area contributed by atoms with Gasteiger partial charge in [0.25, 0.3) is 0 Å². The van der Waals surface area contributed by atoms with E-state index in [1.807, 2.05) is 13.8 Å². The highest BCUT2D eigenvalue weighted by Gasteiger charge is 1.86. The molecule has 0 atom stereocenters. The zero-order chi connectivity index (χ0) is 11.2. The molecule has 0 bridgehead atoms. The molecule has 0 rings (SSSR count). The van der Waals surface area contributed by atoms with Gasteiger partial charge in [-0.15, -0.1) is 0 Å². The largest absolute Gasteiger partial charge is 0.311 e. The molecule has 0 aromatic rings. The van der Waals surface area contributed by atoms with Crippen molar-refractivity contribution in [2.45, 2.75) is 66.3 Å².